The number of carbonyl (C=O) groups is 1. The Morgan fingerprint density at radius 2 is 1.57 bits per heavy atom. The molecule has 4 aromatic rings. The second kappa shape index (κ2) is 10.1. The van der Waals surface area contributed by atoms with Crippen LogP contribution in [0.25, 0.3) is 11.1 Å². The quantitative estimate of drug-likeness (QED) is 0.344. The smallest absolute Gasteiger partial charge is 0.229 e. The third-order valence-corrected chi connectivity index (χ3v) is 7.43. The maximum Gasteiger partial charge on any atom is 0.229 e. The van der Waals surface area contributed by atoms with Crippen LogP contribution in [0, 0.1) is 5.82 Å². The van der Waals surface area contributed by atoms with Crippen molar-refractivity contribution in [2.45, 2.75) is 17.7 Å². The number of ether oxygens (including phenoxy) is 1. The van der Waals surface area contributed by atoms with E-state index in [1.165, 1.54) is 24.3 Å². The molecule has 0 saturated heterocycles. The van der Waals surface area contributed by atoms with Gasteiger partial charge in [-0.3, -0.25) is 4.79 Å². The Kier molecular flexibility index (Phi) is 6.98. The number of hydrogen-bond donors (Lipinski definition) is 1. The fraction of sp³-hybridized carbons (Fsp3) is 0.107. The summed E-state index contributed by atoms with van der Waals surface area (Å²) in [7, 11) is -3.37. The van der Waals surface area contributed by atoms with Crippen LogP contribution in [0.4, 0.5) is 4.39 Å². The Morgan fingerprint density at radius 3 is 2.20 bits per heavy atom. The average molecular weight is 490 g/mol. The summed E-state index contributed by atoms with van der Waals surface area (Å²) in [6.07, 6.45) is 0. The highest BCUT2D eigenvalue weighted by Crippen LogP contribution is 2.37. The van der Waals surface area contributed by atoms with Crippen molar-refractivity contribution in [1.82, 2.24) is 0 Å². The molecule has 0 bridgehead atoms. The molecule has 0 radical (unpaired) electrons. The molecule has 1 atom stereocenters. The van der Waals surface area contributed by atoms with Crippen LogP contribution in [-0.4, -0.2) is 20.1 Å². The van der Waals surface area contributed by atoms with E-state index in [0.29, 0.717) is 33.8 Å². The van der Waals surface area contributed by atoms with Gasteiger partial charge in [-0.05, 0) is 59.2 Å². The highest BCUT2D eigenvalue weighted by atomic mass is 32.2. The molecule has 2 N–H and O–H groups in total. The zero-order chi connectivity index (χ0) is 25.0. The maximum absolute atomic E-state index is 13.9. The van der Waals surface area contributed by atoms with Crippen LogP contribution < -0.4 is 10.5 Å². The van der Waals surface area contributed by atoms with Gasteiger partial charge in [0.25, 0.3) is 0 Å². The molecule has 0 fully saturated rings. The number of para-hydroxylation sites is 1. The molecule has 0 heterocycles. The zero-order valence-electron chi connectivity index (χ0n) is 19.0. The average Bonchev–Trinajstić information content (AvgIpc) is 2.85. The minimum atomic E-state index is -3.37. The van der Waals surface area contributed by atoms with E-state index in [9.17, 15) is 17.6 Å². The summed E-state index contributed by atoms with van der Waals surface area (Å²) in [6.45, 7) is 1.57. The molecule has 0 spiro atoms. The van der Waals surface area contributed by atoms with Crippen molar-refractivity contribution in [1.29, 1.82) is 0 Å². The number of primary amides is 1. The number of benzene rings is 4. The summed E-state index contributed by atoms with van der Waals surface area (Å²) in [5, 5.41) is 0. The first-order chi connectivity index (χ1) is 16.8. The van der Waals surface area contributed by atoms with Crippen molar-refractivity contribution in [3.8, 4) is 22.6 Å². The number of sulfone groups is 1. The first-order valence-electron chi connectivity index (χ1n) is 11.0. The molecular formula is C28H24FNO4S. The zero-order valence-corrected chi connectivity index (χ0v) is 19.8. The largest absolute Gasteiger partial charge is 0.457 e. The van der Waals surface area contributed by atoms with E-state index in [0.717, 1.165) is 0 Å². The van der Waals surface area contributed by atoms with E-state index in [1.54, 1.807) is 61.5 Å². The lowest BCUT2D eigenvalue weighted by atomic mass is 9.89. The first-order valence-corrected chi connectivity index (χ1v) is 12.7. The predicted molar refractivity (Wildman–Crippen MR) is 134 cm³/mol. The van der Waals surface area contributed by atoms with Crippen LogP contribution in [0.15, 0.2) is 102 Å². The molecule has 4 rings (SSSR count). The molecule has 0 aliphatic rings. The second-order valence-electron chi connectivity index (χ2n) is 7.99. The molecule has 0 aliphatic carbocycles. The molecule has 35 heavy (non-hydrogen) atoms. The van der Waals surface area contributed by atoms with E-state index in [-0.39, 0.29) is 16.5 Å². The number of hydrogen-bond acceptors (Lipinski definition) is 4. The van der Waals surface area contributed by atoms with Crippen LogP contribution in [0.2, 0.25) is 0 Å². The Hall–Kier alpha value is -3.97. The third kappa shape index (κ3) is 5.41. The Labute approximate surface area is 203 Å². The van der Waals surface area contributed by atoms with Gasteiger partial charge >= 0.3 is 0 Å². The third-order valence-electron chi connectivity index (χ3n) is 5.68. The molecular weight excluding hydrogens is 465 g/mol. The monoisotopic (exact) mass is 489 g/mol. The number of halogens is 1. The molecule has 4 aromatic carbocycles. The summed E-state index contributed by atoms with van der Waals surface area (Å²) >= 11 is 0. The van der Waals surface area contributed by atoms with Crippen molar-refractivity contribution < 1.29 is 22.3 Å². The van der Waals surface area contributed by atoms with Crippen LogP contribution in [0.1, 0.15) is 24.0 Å². The molecule has 0 saturated carbocycles. The number of nitrogens with two attached hydrogens (primary N) is 1. The lowest BCUT2D eigenvalue weighted by Crippen LogP contribution is -2.22. The minimum absolute atomic E-state index is 0.0205. The summed E-state index contributed by atoms with van der Waals surface area (Å²) in [6, 6.07) is 26.6. The van der Waals surface area contributed by atoms with Gasteiger partial charge in [0.15, 0.2) is 9.84 Å². The molecule has 0 aromatic heterocycles. The van der Waals surface area contributed by atoms with E-state index in [1.807, 2.05) is 18.2 Å². The predicted octanol–water partition coefficient (Wildman–Crippen LogP) is 5.70. The molecule has 7 heteroatoms. The maximum atomic E-state index is 13.9. The SMILES string of the molecule is CCS(=O)(=O)c1ccc(C(C(N)=O)c2ccc(-c3cccc(F)c3)c(Oc3ccccc3)c2)cc1. The summed E-state index contributed by atoms with van der Waals surface area (Å²) in [4.78, 5) is 12.7. The summed E-state index contributed by atoms with van der Waals surface area (Å²) < 4.78 is 44.4. The van der Waals surface area contributed by atoms with Gasteiger partial charge < -0.3 is 10.5 Å². The number of rotatable bonds is 8. The van der Waals surface area contributed by atoms with E-state index in [4.69, 9.17) is 10.5 Å². The molecule has 5 nitrogen and oxygen atoms in total. The second-order valence-corrected chi connectivity index (χ2v) is 10.3. The normalized spacial score (nSPS) is 12.2. The van der Waals surface area contributed by atoms with Gasteiger partial charge in [0.1, 0.15) is 17.3 Å². The van der Waals surface area contributed by atoms with Crippen molar-refractivity contribution in [3.05, 3.63) is 114 Å². The van der Waals surface area contributed by atoms with Gasteiger partial charge in [-0.1, -0.05) is 61.5 Å². The van der Waals surface area contributed by atoms with Gasteiger partial charge in [0.05, 0.1) is 16.6 Å². The van der Waals surface area contributed by atoms with E-state index >= 15 is 0 Å². The number of amides is 1. The van der Waals surface area contributed by atoms with Gasteiger partial charge in [0.2, 0.25) is 5.91 Å². The first kappa shape index (κ1) is 24.2. The van der Waals surface area contributed by atoms with Crippen LogP contribution in [0.3, 0.4) is 0 Å². The highest BCUT2D eigenvalue weighted by molar-refractivity contribution is 7.91. The standard InChI is InChI=1S/C28H24FNO4S/c1-2-35(32,33)24-14-11-19(12-15-24)27(28(30)31)21-13-16-25(20-7-6-8-22(29)17-20)26(18-21)34-23-9-4-3-5-10-23/h3-18,27H,2H2,1H3,(H2,30,31). The lowest BCUT2D eigenvalue weighted by Gasteiger charge is -2.18. The summed E-state index contributed by atoms with van der Waals surface area (Å²) in [5.74, 6) is -0.835. The number of carbonyl (C=O) groups excluding carboxylic acids is 1. The van der Waals surface area contributed by atoms with Gasteiger partial charge in [-0.25, -0.2) is 12.8 Å². The van der Waals surface area contributed by atoms with Gasteiger partial charge in [-0.15, -0.1) is 0 Å². The van der Waals surface area contributed by atoms with Crippen LogP contribution in [-0.2, 0) is 14.6 Å². The van der Waals surface area contributed by atoms with Crippen molar-refractivity contribution in [3.63, 3.8) is 0 Å². The van der Waals surface area contributed by atoms with E-state index < -0.39 is 21.7 Å². The Bertz CT molecular complexity index is 1450. The molecule has 1 unspecified atom stereocenters. The van der Waals surface area contributed by atoms with Crippen molar-refractivity contribution in [2.24, 2.45) is 5.73 Å². The van der Waals surface area contributed by atoms with E-state index in [2.05, 4.69) is 0 Å². The molecule has 0 aliphatic heterocycles. The van der Waals surface area contributed by atoms with Gasteiger partial charge in [0, 0.05) is 5.56 Å². The Balaban J connectivity index is 1.80. The minimum Gasteiger partial charge on any atom is -0.457 e. The van der Waals surface area contributed by atoms with Gasteiger partial charge in [-0.2, -0.15) is 0 Å². The Morgan fingerprint density at radius 1 is 0.886 bits per heavy atom. The van der Waals surface area contributed by atoms with Crippen LogP contribution >= 0.6 is 0 Å². The highest BCUT2D eigenvalue weighted by Gasteiger charge is 2.23. The summed E-state index contributed by atoms with van der Waals surface area (Å²) in [5.41, 5.74) is 8.15. The molecule has 1 amide bonds. The fourth-order valence-electron chi connectivity index (χ4n) is 3.87. The molecule has 178 valence electrons. The van der Waals surface area contributed by atoms with Crippen molar-refractivity contribution in [2.75, 3.05) is 5.75 Å². The van der Waals surface area contributed by atoms with Crippen LogP contribution in [0.5, 0.6) is 11.5 Å². The topological polar surface area (TPSA) is 86.5 Å². The van der Waals surface area contributed by atoms with Crippen molar-refractivity contribution >= 4 is 15.7 Å². The lowest BCUT2D eigenvalue weighted by molar-refractivity contribution is -0.118. The fourth-order valence-corrected chi connectivity index (χ4v) is 4.75.